The van der Waals surface area contributed by atoms with E-state index in [1.165, 1.54) is 12.8 Å². The van der Waals surface area contributed by atoms with E-state index in [-0.39, 0.29) is 5.97 Å². The maximum atomic E-state index is 11.2. The molecule has 0 aliphatic rings. The zero-order valence-corrected chi connectivity index (χ0v) is 10.7. The first-order valence-electron chi connectivity index (χ1n) is 5.96. The predicted molar refractivity (Wildman–Crippen MR) is 64.2 cm³/mol. The van der Waals surface area contributed by atoms with Gasteiger partial charge >= 0.3 is 5.97 Å². The number of rotatable bonds is 9. The van der Waals surface area contributed by atoms with Gasteiger partial charge in [0.2, 0.25) is 0 Å². The van der Waals surface area contributed by atoms with Crippen molar-refractivity contribution in [1.29, 1.82) is 0 Å². The van der Waals surface area contributed by atoms with E-state index < -0.39 is 0 Å². The van der Waals surface area contributed by atoms with Crippen LogP contribution in [0.25, 0.3) is 0 Å². The molecule has 0 N–H and O–H groups in total. The van der Waals surface area contributed by atoms with Gasteiger partial charge in [-0.15, -0.1) is 11.6 Å². The third-order valence-corrected chi connectivity index (χ3v) is 2.81. The van der Waals surface area contributed by atoms with Gasteiger partial charge in [0, 0.05) is 12.3 Å². The van der Waals surface area contributed by atoms with Crippen molar-refractivity contribution in [2.75, 3.05) is 12.5 Å². The number of ether oxygens (including phenoxy) is 1. The largest absolute Gasteiger partial charge is 0.465 e. The van der Waals surface area contributed by atoms with Gasteiger partial charge in [-0.1, -0.05) is 33.1 Å². The van der Waals surface area contributed by atoms with Gasteiger partial charge in [0.1, 0.15) is 0 Å². The maximum Gasteiger partial charge on any atom is 0.305 e. The Balaban J connectivity index is 3.55. The van der Waals surface area contributed by atoms with Crippen LogP contribution in [0.3, 0.4) is 0 Å². The van der Waals surface area contributed by atoms with Crippen LogP contribution in [-0.4, -0.2) is 18.5 Å². The molecule has 0 aromatic rings. The smallest absolute Gasteiger partial charge is 0.305 e. The highest BCUT2D eigenvalue weighted by Crippen LogP contribution is 2.13. The third-order valence-electron chi connectivity index (χ3n) is 2.54. The molecule has 90 valence electrons. The zero-order valence-electron chi connectivity index (χ0n) is 9.93. The second-order valence-corrected chi connectivity index (χ2v) is 4.27. The molecular formula is C12H23ClO2. The zero-order chi connectivity index (χ0) is 11.5. The first-order valence-corrected chi connectivity index (χ1v) is 6.49. The molecule has 0 saturated carbocycles. The summed E-state index contributed by atoms with van der Waals surface area (Å²) in [4.78, 5) is 11.2. The molecule has 0 saturated heterocycles. The lowest BCUT2D eigenvalue weighted by molar-refractivity contribution is -0.145. The SMILES string of the molecule is CCCCC(CC)COC(=O)CCCCl. The Morgan fingerprint density at radius 2 is 2.07 bits per heavy atom. The summed E-state index contributed by atoms with van der Waals surface area (Å²) in [5, 5.41) is 0. The van der Waals surface area contributed by atoms with Crippen molar-refractivity contribution in [3.05, 3.63) is 0 Å². The molecule has 0 heterocycles. The molecule has 15 heavy (non-hydrogen) atoms. The van der Waals surface area contributed by atoms with Crippen LogP contribution in [0.4, 0.5) is 0 Å². The Bertz CT molecular complexity index is 160. The van der Waals surface area contributed by atoms with Crippen LogP contribution in [0.2, 0.25) is 0 Å². The normalized spacial score (nSPS) is 12.5. The number of esters is 1. The van der Waals surface area contributed by atoms with Gasteiger partial charge in [0.15, 0.2) is 0 Å². The lowest BCUT2D eigenvalue weighted by atomic mass is 10.0. The first-order chi connectivity index (χ1) is 7.24. The van der Waals surface area contributed by atoms with Crippen molar-refractivity contribution >= 4 is 17.6 Å². The second kappa shape index (κ2) is 10.3. The summed E-state index contributed by atoms with van der Waals surface area (Å²) in [5.41, 5.74) is 0. The number of hydrogen-bond donors (Lipinski definition) is 0. The highest BCUT2D eigenvalue weighted by molar-refractivity contribution is 6.17. The van der Waals surface area contributed by atoms with Crippen LogP contribution in [0.5, 0.6) is 0 Å². The maximum absolute atomic E-state index is 11.2. The minimum atomic E-state index is -0.106. The van der Waals surface area contributed by atoms with Gasteiger partial charge in [-0.25, -0.2) is 0 Å². The number of alkyl halides is 1. The molecule has 1 atom stereocenters. The molecule has 1 unspecified atom stereocenters. The first kappa shape index (κ1) is 14.8. The van der Waals surface area contributed by atoms with Gasteiger partial charge < -0.3 is 4.74 Å². The molecule has 2 nitrogen and oxygen atoms in total. The van der Waals surface area contributed by atoms with E-state index in [1.54, 1.807) is 0 Å². The van der Waals surface area contributed by atoms with Crippen LogP contribution in [0, 0.1) is 5.92 Å². The van der Waals surface area contributed by atoms with E-state index in [4.69, 9.17) is 16.3 Å². The van der Waals surface area contributed by atoms with Crippen molar-refractivity contribution in [3.63, 3.8) is 0 Å². The Labute approximate surface area is 98.3 Å². The highest BCUT2D eigenvalue weighted by Gasteiger charge is 2.09. The lowest BCUT2D eigenvalue weighted by Crippen LogP contribution is -2.13. The van der Waals surface area contributed by atoms with Gasteiger partial charge in [-0.3, -0.25) is 4.79 Å². The van der Waals surface area contributed by atoms with E-state index >= 15 is 0 Å². The minimum Gasteiger partial charge on any atom is -0.465 e. The molecule has 0 radical (unpaired) electrons. The van der Waals surface area contributed by atoms with Crippen molar-refractivity contribution in [1.82, 2.24) is 0 Å². The fourth-order valence-corrected chi connectivity index (χ4v) is 1.53. The van der Waals surface area contributed by atoms with Crippen LogP contribution in [0.1, 0.15) is 52.4 Å². The molecule has 3 heteroatoms. The summed E-state index contributed by atoms with van der Waals surface area (Å²) in [6.07, 6.45) is 5.84. The fourth-order valence-electron chi connectivity index (χ4n) is 1.39. The van der Waals surface area contributed by atoms with Crippen molar-refractivity contribution in [2.45, 2.75) is 52.4 Å². The van der Waals surface area contributed by atoms with E-state index in [2.05, 4.69) is 13.8 Å². The summed E-state index contributed by atoms with van der Waals surface area (Å²) >= 11 is 5.50. The summed E-state index contributed by atoms with van der Waals surface area (Å²) in [7, 11) is 0. The fraction of sp³-hybridized carbons (Fsp3) is 0.917. The second-order valence-electron chi connectivity index (χ2n) is 3.89. The van der Waals surface area contributed by atoms with Crippen molar-refractivity contribution in [2.24, 2.45) is 5.92 Å². The molecule has 0 aliphatic heterocycles. The van der Waals surface area contributed by atoms with Crippen LogP contribution in [-0.2, 0) is 9.53 Å². The molecular weight excluding hydrogens is 212 g/mol. The standard InChI is InChI=1S/C12H23ClO2/c1-3-5-7-11(4-2)10-15-12(14)8-6-9-13/h11H,3-10H2,1-2H3. The lowest BCUT2D eigenvalue weighted by Gasteiger charge is -2.14. The van der Waals surface area contributed by atoms with Gasteiger partial charge in [-0.2, -0.15) is 0 Å². The average Bonchev–Trinajstić information content (AvgIpc) is 2.26. The van der Waals surface area contributed by atoms with Crippen molar-refractivity contribution in [3.8, 4) is 0 Å². The summed E-state index contributed by atoms with van der Waals surface area (Å²) in [5.74, 6) is 0.956. The molecule has 0 bridgehead atoms. The van der Waals surface area contributed by atoms with Gasteiger partial charge in [0.05, 0.1) is 6.61 Å². The van der Waals surface area contributed by atoms with Crippen LogP contribution < -0.4 is 0 Å². The van der Waals surface area contributed by atoms with Gasteiger partial charge in [-0.05, 0) is 18.8 Å². The van der Waals surface area contributed by atoms with E-state index in [9.17, 15) is 4.79 Å². The predicted octanol–water partition coefficient (Wildman–Crippen LogP) is 3.77. The summed E-state index contributed by atoms with van der Waals surface area (Å²) < 4.78 is 5.20. The van der Waals surface area contributed by atoms with E-state index in [0.29, 0.717) is 31.2 Å². The quantitative estimate of drug-likeness (QED) is 0.449. The molecule has 0 rings (SSSR count). The monoisotopic (exact) mass is 234 g/mol. The summed E-state index contributed by atoms with van der Waals surface area (Å²) in [6, 6.07) is 0. The van der Waals surface area contributed by atoms with E-state index in [1.807, 2.05) is 0 Å². The molecule has 0 aromatic carbocycles. The number of carbonyl (C=O) groups excluding carboxylic acids is 1. The highest BCUT2D eigenvalue weighted by atomic mass is 35.5. The Hall–Kier alpha value is -0.240. The molecule has 0 fully saturated rings. The molecule has 0 aliphatic carbocycles. The van der Waals surface area contributed by atoms with Gasteiger partial charge in [0.25, 0.3) is 0 Å². The number of hydrogen-bond acceptors (Lipinski definition) is 2. The minimum absolute atomic E-state index is 0.106. The average molecular weight is 235 g/mol. The molecule has 0 amide bonds. The third kappa shape index (κ3) is 8.73. The Morgan fingerprint density at radius 3 is 2.60 bits per heavy atom. The Morgan fingerprint density at radius 1 is 1.33 bits per heavy atom. The number of carbonyl (C=O) groups is 1. The van der Waals surface area contributed by atoms with Crippen LogP contribution >= 0.6 is 11.6 Å². The van der Waals surface area contributed by atoms with E-state index in [0.717, 1.165) is 12.8 Å². The van der Waals surface area contributed by atoms with Crippen molar-refractivity contribution < 1.29 is 9.53 Å². The van der Waals surface area contributed by atoms with Crippen LogP contribution in [0.15, 0.2) is 0 Å². The summed E-state index contributed by atoms with van der Waals surface area (Å²) in [6.45, 7) is 4.91. The number of unbranched alkanes of at least 4 members (excludes halogenated alkanes) is 1. The Kier molecular flexibility index (Phi) is 10.1. The molecule has 0 spiro atoms. The molecule has 0 aromatic heterocycles. The number of halogens is 1. The topological polar surface area (TPSA) is 26.3 Å².